The lowest BCUT2D eigenvalue weighted by Gasteiger charge is -2.20. The van der Waals surface area contributed by atoms with Crippen molar-refractivity contribution in [1.29, 1.82) is 0 Å². The summed E-state index contributed by atoms with van der Waals surface area (Å²) in [6.45, 7) is 0.207. The Morgan fingerprint density at radius 1 is 1.14 bits per heavy atom. The quantitative estimate of drug-likeness (QED) is 0.294. The van der Waals surface area contributed by atoms with Gasteiger partial charge in [0.05, 0.1) is 28.3 Å². The molecule has 8 nitrogen and oxygen atoms in total. The number of hydrogen-bond donors (Lipinski definition) is 3. The zero-order valence-corrected chi connectivity index (χ0v) is 20.9. The van der Waals surface area contributed by atoms with Crippen LogP contribution in [0.3, 0.4) is 0 Å². The molecule has 2 aromatic carbocycles. The lowest BCUT2D eigenvalue weighted by molar-refractivity contribution is 0.0896. The number of halogens is 2. The minimum absolute atomic E-state index is 0.00814. The Bertz CT molecular complexity index is 1460. The Morgan fingerprint density at radius 2 is 1.97 bits per heavy atom. The van der Waals surface area contributed by atoms with E-state index >= 15 is 0 Å². The predicted octanol–water partition coefficient (Wildman–Crippen LogP) is 4.47. The number of pyridine rings is 1. The number of carbonyl (C=O) groups is 1. The van der Waals surface area contributed by atoms with E-state index in [-0.39, 0.29) is 33.7 Å². The Labute approximate surface area is 212 Å². The molecule has 0 bridgehead atoms. The number of rotatable bonds is 9. The molecular weight excluding hydrogens is 511 g/mol. The normalized spacial score (nSPS) is 12.5. The van der Waals surface area contributed by atoms with E-state index in [0.717, 1.165) is 16.5 Å². The van der Waals surface area contributed by atoms with Crippen LogP contribution >= 0.6 is 23.2 Å². The van der Waals surface area contributed by atoms with E-state index in [2.05, 4.69) is 20.0 Å². The molecule has 1 unspecified atom stereocenters. The van der Waals surface area contributed by atoms with Crippen molar-refractivity contribution in [1.82, 2.24) is 20.0 Å². The molecule has 3 N–H and O–H groups in total. The molecule has 11 heteroatoms. The van der Waals surface area contributed by atoms with E-state index in [1.54, 1.807) is 24.5 Å². The molecule has 0 aliphatic heterocycles. The minimum atomic E-state index is -4.05. The van der Waals surface area contributed by atoms with Crippen molar-refractivity contribution in [2.45, 2.75) is 17.5 Å². The van der Waals surface area contributed by atoms with Crippen LogP contribution in [-0.2, 0) is 21.3 Å². The number of benzene rings is 2. The summed E-state index contributed by atoms with van der Waals surface area (Å²) in [5.74, 6) is -0.563. The number of fused-ring (bicyclic) bond motifs is 1. The number of hydrogen-bond acceptors (Lipinski definition) is 5. The molecule has 1 atom stereocenters. The SMILES string of the molecule is COCC(NC(=O)c1cc(S(=O)(=O)NCc2cccnc2)c(Cl)cc1Cl)c1ccc2[nH]ccc2c1. The van der Waals surface area contributed by atoms with Gasteiger partial charge >= 0.3 is 0 Å². The predicted molar refractivity (Wildman–Crippen MR) is 135 cm³/mol. The van der Waals surface area contributed by atoms with Crippen LogP contribution in [0.1, 0.15) is 27.5 Å². The van der Waals surface area contributed by atoms with Gasteiger partial charge in [0.15, 0.2) is 0 Å². The molecule has 0 saturated carbocycles. The number of amides is 1. The maximum absolute atomic E-state index is 13.2. The fourth-order valence-electron chi connectivity index (χ4n) is 3.58. The maximum Gasteiger partial charge on any atom is 0.253 e. The van der Waals surface area contributed by atoms with Gasteiger partial charge in [-0.05, 0) is 52.9 Å². The second-order valence-electron chi connectivity index (χ2n) is 7.75. The standard InChI is InChI=1S/C24H22Cl2N4O4S/c1-34-14-22(16-4-5-21-17(9-16)6-8-28-21)30-24(31)18-10-23(20(26)11-19(18)25)35(32,33)29-13-15-3-2-7-27-12-15/h2-12,22,28-29H,13-14H2,1H3,(H,30,31). The number of nitrogens with zero attached hydrogens (tertiary/aromatic N) is 1. The summed E-state index contributed by atoms with van der Waals surface area (Å²) in [5.41, 5.74) is 2.43. The molecule has 0 aliphatic carbocycles. The average molecular weight is 533 g/mol. The molecule has 2 aromatic heterocycles. The molecule has 0 saturated heterocycles. The molecule has 1 amide bonds. The van der Waals surface area contributed by atoms with Crippen molar-refractivity contribution in [3.8, 4) is 0 Å². The lowest BCUT2D eigenvalue weighted by atomic mass is 10.0. The smallest absolute Gasteiger partial charge is 0.253 e. The lowest BCUT2D eigenvalue weighted by Crippen LogP contribution is -2.32. The Morgan fingerprint density at radius 3 is 2.71 bits per heavy atom. The maximum atomic E-state index is 13.2. The van der Waals surface area contributed by atoms with Crippen molar-refractivity contribution in [2.75, 3.05) is 13.7 Å². The van der Waals surface area contributed by atoms with Crippen LogP contribution < -0.4 is 10.0 Å². The highest BCUT2D eigenvalue weighted by molar-refractivity contribution is 7.89. The van der Waals surface area contributed by atoms with Gasteiger partial charge in [-0.25, -0.2) is 13.1 Å². The molecule has 0 fully saturated rings. The van der Waals surface area contributed by atoms with E-state index in [4.69, 9.17) is 27.9 Å². The third-order valence-electron chi connectivity index (χ3n) is 5.36. The Hall–Kier alpha value is -2.95. The van der Waals surface area contributed by atoms with E-state index in [9.17, 15) is 13.2 Å². The van der Waals surface area contributed by atoms with Gasteiger partial charge in [-0.3, -0.25) is 9.78 Å². The molecule has 0 spiro atoms. The molecule has 4 aromatic rings. The number of H-pyrrole nitrogens is 1. The summed E-state index contributed by atoms with van der Waals surface area (Å²) in [6, 6.07) is 13.0. The second-order valence-corrected chi connectivity index (χ2v) is 10.3. The highest BCUT2D eigenvalue weighted by Gasteiger charge is 2.24. The number of nitrogens with one attached hydrogen (secondary N) is 3. The van der Waals surface area contributed by atoms with Crippen LogP contribution in [0.5, 0.6) is 0 Å². The summed E-state index contributed by atoms with van der Waals surface area (Å²) < 4.78 is 33.7. The van der Waals surface area contributed by atoms with Gasteiger partial charge in [-0.15, -0.1) is 0 Å². The van der Waals surface area contributed by atoms with Gasteiger partial charge < -0.3 is 15.0 Å². The summed E-state index contributed by atoms with van der Waals surface area (Å²) in [5, 5.41) is 3.78. The van der Waals surface area contributed by atoms with E-state index < -0.39 is 22.0 Å². The highest BCUT2D eigenvalue weighted by Crippen LogP contribution is 2.29. The van der Waals surface area contributed by atoms with Crippen LogP contribution in [0.2, 0.25) is 10.0 Å². The summed E-state index contributed by atoms with van der Waals surface area (Å²) in [7, 11) is -2.52. The molecule has 2 heterocycles. The van der Waals surface area contributed by atoms with Crippen molar-refractivity contribution < 1.29 is 17.9 Å². The monoisotopic (exact) mass is 532 g/mol. The number of ether oxygens (including phenoxy) is 1. The van der Waals surface area contributed by atoms with Gasteiger partial charge in [-0.2, -0.15) is 0 Å². The van der Waals surface area contributed by atoms with Crippen LogP contribution in [0.4, 0.5) is 0 Å². The van der Waals surface area contributed by atoms with Gasteiger partial charge in [0.1, 0.15) is 4.90 Å². The molecule has 0 radical (unpaired) electrons. The summed E-state index contributed by atoms with van der Waals surface area (Å²) in [4.78, 5) is 20.0. The van der Waals surface area contributed by atoms with Gasteiger partial charge in [0, 0.05) is 37.8 Å². The van der Waals surface area contributed by atoms with Crippen molar-refractivity contribution in [3.05, 3.63) is 93.9 Å². The Kier molecular flexibility index (Phi) is 7.73. The first-order valence-electron chi connectivity index (χ1n) is 10.5. The number of sulfonamides is 1. The fraction of sp³-hybridized carbons (Fsp3) is 0.167. The molecule has 0 aliphatic rings. The van der Waals surface area contributed by atoms with Gasteiger partial charge in [0.25, 0.3) is 5.91 Å². The zero-order valence-electron chi connectivity index (χ0n) is 18.6. The fourth-order valence-corrected chi connectivity index (χ4v) is 5.45. The highest BCUT2D eigenvalue weighted by atomic mass is 35.5. The van der Waals surface area contributed by atoms with E-state index in [1.165, 1.54) is 19.2 Å². The molecule has 182 valence electrons. The number of carbonyl (C=O) groups excluding carboxylic acids is 1. The summed E-state index contributed by atoms with van der Waals surface area (Å²) >= 11 is 12.5. The van der Waals surface area contributed by atoms with Crippen LogP contribution in [0.25, 0.3) is 10.9 Å². The molecule has 4 rings (SSSR count). The number of methoxy groups -OCH3 is 1. The first kappa shape index (κ1) is 25.2. The number of aromatic amines is 1. The minimum Gasteiger partial charge on any atom is -0.382 e. The van der Waals surface area contributed by atoms with E-state index in [1.807, 2.05) is 30.5 Å². The zero-order chi connectivity index (χ0) is 25.0. The van der Waals surface area contributed by atoms with E-state index in [0.29, 0.717) is 5.56 Å². The molecule has 35 heavy (non-hydrogen) atoms. The first-order chi connectivity index (χ1) is 16.8. The van der Waals surface area contributed by atoms with Crippen LogP contribution in [0, 0.1) is 0 Å². The largest absolute Gasteiger partial charge is 0.382 e. The van der Waals surface area contributed by atoms with Gasteiger partial charge in [0.2, 0.25) is 10.0 Å². The second kappa shape index (κ2) is 10.8. The van der Waals surface area contributed by atoms with Gasteiger partial charge in [-0.1, -0.05) is 35.3 Å². The average Bonchev–Trinajstić information content (AvgIpc) is 3.31. The molecular formula is C24H22Cl2N4O4S. The van der Waals surface area contributed by atoms with Crippen molar-refractivity contribution in [2.24, 2.45) is 0 Å². The number of aromatic nitrogens is 2. The Balaban J connectivity index is 1.59. The van der Waals surface area contributed by atoms with Crippen LogP contribution in [0.15, 0.2) is 72.0 Å². The first-order valence-corrected chi connectivity index (χ1v) is 12.8. The van der Waals surface area contributed by atoms with Crippen molar-refractivity contribution in [3.63, 3.8) is 0 Å². The topological polar surface area (TPSA) is 113 Å². The van der Waals surface area contributed by atoms with Crippen molar-refractivity contribution >= 4 is 50.0 Å². The van der Waals surface area contributed by atoms with Crippen LogP contribution in [-0.4, -0.2) is 38.0 Å². The third-order valence-corrected chi connectivity index (χ3v) is 7.54. The summed E-state index contributed by atoms with van der Waals surface area (Å²) in [6.07, 6.45) is 4.97. The third kappa shape index (κ3) is 5.83.